The number of nitrogens with zero attached hydrogens (tertiary/aromatic N) is 1. The van der Waals surface area contributed by atoms with Crippen LogP contribution in [0.5, 0.6) is 5.75 Å². The minimum atomic E-state index is -3.73. The number of ether oxygens (including phenoxy) is 1. The summed E-state index contributed by atoms with van der Waals surface area (Å²) < 4.78 is 33.0. The van der Waals surface area contributed by atoms with Crippen molar-refractivity contribution < 1.29 is 18.3 Å². The SMILES string of the molecule is CC(C)Oc1ccc(S(=O)(=O)N2CCC(O)c3cc(Cl)ccc32)cc1. The van der Waals surface area contributed by atoms with Crippen molar-refractivity contribution in [1.82, 2.24) is 0 Å². The first kappa shape index (κ1) is 18.0. The fraction of sp³-hybridized carbons (Fsp3) is 0.333. The molecule has 2 aromatic rings. The van der Waals surface area contributed by atoms with Gasteiger partial charge in [-0.3, -0.25) is 4.31 Å². The Balaban J connectivity index is 1.97. The van der Waals surface area contributed by atoms with Gasteiger partial charge in [-0.15, -0.1) is 0 Å². The Kier molecular flexibility index (Phi) is 4.95. The number of halogens is 1. The summed E-state index contributed by atoms with van der Waals surface area (Å²) in [7, 11) is -3.73. The van der Waals surface area contributed by atoms with Crippen LogP contribution in [-0.4, -0.2) is 26.2 Å². The predicted octanol–water partition coefficient (Wildman–Crippen LogP) is 3.76. The number of hydrogen-bond acceptors (Lipinski definition) is 4. The highest BCUT2D eigenvalue weighted by molar-refractivity contribution is 7.92. The van der Waals surface area contributed by atoms with Crippen molar-refractivity contribution >= 4 is 27.3 Å². The molecule has 0 amide bonds. The number of benzene rings is 2. The Bertz CT molecular complexity index is 865. The van der Waals surface area contributed by atoms with Crippen molar-refractivity contribution in [3.63, 3.8) is 0 Å². The van der Waals surface area contributed by atoms with Gasteiger partial charge < -0.3 is 9.84 Å². The van der Waals surface area contributed by atoms with E-state index in [9.17, 15) is 13.5 Å². The van der Waals surface area contributed by atoms with Crippen LogP contribution in [-0.2, 0) is 10.0 Å². The van der Waals surface area contributed by atoms with Crippen LogP contribution in [0.1, 0.15) is 31.9 Å². The molecule has 7 heteroatoms. The Labute approximate surface area is 152 Å². The highest BCUT2D eigenvalue weighted by atomic mass is 35.5. The second-order valence-electron chi connectivity index (χ2n) is 6.22. The maximum Gasteiger partial charge on any atom is 0.264 e. The molecule has 1 atom stereocenters. The third kappa shape index (κ3) is 3.61. The van der Waals surface area contributed by atoms with Crippen LogP contribution in [0, 0.1) is 0 Å². The smallest absolute Gasteiger partial charge is 0.264 e. The van der Waals surface area contributed by atoms with Crippen LogP contribution < -0.4 is 9.04 Å². The molecular formula is C18H20ClNO4S. The third-order valence-electron chi connectivity index (χ3n) is 4.01. The van der Waals surface area contributed by atoms with Gasteiger partial charge in [-0.1, -0.05) is 11.6 Å². The van der Waals surface area contributed by atoms with Crippen LogP contribution in [0.3, 0.4) is 0 Å². The maximum absolute atomic E-state index is 13.0. The first-order valence-corrected chi connectivity index (χ1v) is 9.88. The van der Waals surface area contributed by atoms with Crippen molar-refractivity contribution in [2.24, 2.45) is 0 Å². The molecule has 0 saturated carbocycles. The maximum atomic E-state index is 13.0. The van der Waals surface area contributed by atoms with E-state index in [0.717, 1.165) is 0 Å². The molecule has 3 rings (SSSR count). The van der Waals surface area contributed by atoms with Crippen molar-refractivity contribution in [3.05, 3.63) is 53.1 Å². The lowest BCUT2D eigenvalue weighted by Crippen LogP contribution is -2.36. The van der Waals surface area contributed by atoms with Gasteiger partial charge in [0.1, 0.15) is 5.75 Å². The molecule has 5 nitrogen and oxygen atoms in total. The Hall–Kier alpha value is -1.76. The second kappa shape index (κ2) is 6.86. The Morgan fingerprint density at radius 3 is 2.52 bits per heavy atom. The van der Waals surface area contributed by atoms with Gasteiger partial charge in [0.05, 0.1) is 22.8 Å². The molecule has 1 aliphatic heterocycles. The molecule has 0 radical (unpaired) electrons. The highest BCUT2D eigenvalue weighted by Crippen LogP contribution is 2.38. The molecule has 1 heterocycles. The molecule has 0 aromatic heterocycles. The minimum Gasteiger partial charge on any atom is -0.491 e. The fourth-order valence-electron chi connectivity index (χ4n) is 2.87. The topological polar surface area (TPSA) is 66.8 Å². The monoisotopic (exact) mass is 381 g/mol. The van der Waals surface area contributed by atoms with Gasteiger partial charge in [0.15, 0.2) is 0 Å². The fourth-order valence-corrected chi connectivity index (χ4v) is 4.56. The summed E-state index contributed by atoms with van der Waals surface area (Å²) in [5, 5.41) is 10.6. The Morgan fingerprint density at radius 1 is 1.20 bits per heavy atom. The normalized spacial score (nSPS) is 17.5. The van der Waals surface area contributed by atoms with E-state index in [4.69, 9.17) is 16.3 Å². The summed E-state index contributed by atoms with van der Waals surface area (Å²) >= 11 is 5.99. The first-order chi connectivity index (χ1) is 11.8. The summed E-state index contributed by atoms with van der Waals surface area (Å²) in [6, 6.07) is 11.2. The van der Waals surface area contributed by atoms with E-state index >= 15 is 0 Å². The zero-order valence-electron chi connectivity index (χ0n) is 14.0. The largest absolute Gasteiger partial charge is 0.491 e. The summed E-state index contributed by atoms with van der Waals surface area (Å²) in [5.41, 5.74) is 0.993. The van der Waals surface area contributed by atoms with Gasteiger partial charge >= 0.3 is 0 Å². The molecule has 0 spiro atoms. The van der Waals surface area contributed by atoms with Crippen molar-refractivity contribution in [2.45, 2.75) is 37.4 Å². The van der Waals surface area contributed by atoms with Gasteiger partial charge in [-0.25, -0.2) is 8.42 Å². The number of fused-ring (bicyclic) bond motifs is 1. The number of aliphatic hydroxyl groups excluding tert-OH is 1. The van der Waals surface area contributed by atoms with Gasteiger partial charge in [0.25, 0.3) is 10.0 Å². The van der Waals surface area contributed by atoms with Crippen molar-refractivity contribution in [3.8, 4) is 5.75 Å². The van der Waals surface area contributed by atoms with Gasteiger partial charge in [0.2, 0.25) is 0 Å². The predicted molar refractivity (Wildman–Crippen MR) is 97.8 cm³/mol. The van der Waals surface area contributed by atoms with E-state index in [0.29, 0.717) is 28.4 Å². The second-order valence-corrected chi connectivity index (χ2v) is 8.52. The average molecular weight is 382 g/mol. The van der Waals surface area contributed by atoms with E-state index in [1.165, 1.54) is 16.4 Å². The molecule has 0 saturated heterocycles. The molecule has 25 heavy (non-hydrogen) atoms. The molecule has 0 bridgehead atoms. The first-order valence-electron chi connectivity index (χ1n) is 8.06. The quantitative estimate of drug-likeness (QED) is 0.875. The number of rotatable bonds is 4. The highest BCUT2D eigenvalue weighted by Gasteiger charge is 2.32. The standard InChI is InChI=1S/C18H20ClNO4S/c1-12(2)24-14-4-6-15(7-5-14)25(22,23)20-10-9-18(21)16-11-13(19)3-8-17(16)20/h3-8,11-12,18,21H,9-10H2,1-2H3. The van der Waals surface area contributed by atoms with Crippen LogP contribution in [0.25, 0.3) is 0 Å². The Morgan fingerprint density at radius 2 is 1.88 bits per heavy atom. The lowest BCUT2D eigenvalue weighted by Gasteiger charge is -2.33. The zero-order chi connectivity index (χ0) is 18.2. The number of sulfonamides is 1. The summed E-state index contributed by atoms with van der Waals surface area (Å²) in [4.78, 5) is 0.181. The number of hydrogen-bond donors (Lipinski definition) is 1. The van der Waals surface area contributed by atoms with E-state index in [-0.39, 0.29) is 17.5 Å². The van der Waals surface area contributed by atoms with E-state index in [1.54, 1.807) is 30.3 Å². The average Bonchev–Trinajstić information content (AvgIpc) is 2.55. The van der Waals surface area contributed by atoms with E-state index in [1.807, 2.05) is 13.8 Å². The van der Waals surface area contributed by atoms with Crippen molar-refractivity contribution in [2.75, 3.05) is 10.8 Å². The molecule has 1 aliphatic rings. The lowest BCUT2D eigenvalue weighted by atomic mass is 10.0. The molecule has 2 aromatic carbocycles. The van der Waals surface area contributed by atoms with Crippen LogP contribution in [0.15, 0.2) is 47.4 Å². The van der Waals surface area contributed by atoms with E-state index < -0.39 is 16.1 Å². The summed E-state index contributed by atoms with van der Waals surface area (Å²) in [6.45, 7) is 4.03. The van der Waals surface area contributed by atoms with Crippen molar-refractivity contribution in [1.29, 1.82) is 0 Å². The molecule has 1 unspecified atom stereocenters. The van der Waals surface area contributed by atoms with Gasteiger partial charge in [0, 0.05) is 17.1 Å². The molecule has 0 fully saturated rings. The number of aliphatic hydroxyl groups is 1. The van der Waals surface area contributed by atoms with Crippen LogP contribution in [0.4, 0.5) is 5.69 Å². The molecule has 0 aliphatic carbocycles. The minimum absolute atomic E-state index is 0.0164. The van der Waals surface area contributed by atoms with Gasteiger partial charge in [-0.2, -0.15) is 0 Å². The van der Waals surface area contributed by atoms with Gasteiger partial charge in [-0.05, 0) is 62.7 Å². The zero-order valence-corrected chi connectivity index (χ0v) is 15.6. The van der Waals surface area contributed by atoms with E-state index in [2.05, 4.69) is 0 Å². The summed E-state index contributed by atoms with van der Waals surface area (Å²) in [5.74, 6) is 0.621. The number of anilines is 1. The third-order valence-corrected chi connectivity index (χ3v) is 6.07. The van der Waals surface area contributed by atoms with Crippen LogP contribution in [0.2, 0.25) is 5.02 Å². The lowest BCUT2D eigenvalue weighted by molar-refractivity contribution is 0.166. The molecular weight excluding hydrogens is 362 g/mol. The molecule has 1 N–H and O–H groups in total. The molecule has 134 valence electrons. The van der Waals surface area contributed by atoms with Crippen LogP contribution >= 0.6 is 11.6 Å². The summed E-state index contributed by atoms with van der Waals surface area (Å²) in [6.07, 6.45) is -0.383.